The van der Waals surface area contributed by atoms with Crippen LogP contribution < -0.4 is 5.32 Å². The van der Waals surface area contributed by atoms with Gasteiger partial charge in [-0.2, -0.15) is 0 Å². The van der Waals surface area contributed by atoms with Gasteiger partial charge in [-0.15, -0.1) is 10.2 Å². The third-order valence-electron chi connectivity index (χ3n) is 4.38. The van der Waals surface area contributed by atoms with E-state index in [2.05, 4.69) is 20.4 Å². The Hall–Kier alpha value is -1.70. The average molecular weight is 395 g/mol. The lowest BCUT2D eigenvalue weighted by Crippen LogP contribution is -2.22. The van der Waals surface area contributed by atoms with Crippen LogP contribution in [0.2, 0.25) is 5.02 Å². The van der Waals surface area contributed by atoms with E-state index < -0.39 is 9.84 Å². The van der Waals surface area contributed by atoms with Crippen molar-refractivity contribution in [3.05, 3.63) is 47.0 Å². The number of aromatic nitrogens is 2. The zero-order valence-corrected chi connectivity index (χ0v) is 16.1. The van der Waals surface area contributed by atoms with E-state index in [4.69, 9.17) is 11.6 Å². The summed E-state index contributed by atoms with van der Waals surface area (Å²) in [6.07, 6.45) is 3.62. The summed E-state index contributed by atoms with van der Waals surface area (Å²) in [6, 6.07) is 9.91. The molecule has 0 spiro atoms. The molecule has 1 aromatic carbocycles. The minimum atomic E-state index is -3.53. The summed E-state index contributed by atoms with van der Waals surface area (Å²) in [7, 11) is -3.53. The van der Waals surface area contributed by atoms with Crippen LogP contribution in [0, 0.1) is 0 Å². The molecule has 1 saturated heterocycles. The Bertz CT molecular complexity index is 804. The van der Waals surface area contributed by atoms with Gasteiger partial charge in [0.1, 0.15) is 5.82 Å². The first-order valence-corrected chi connectivity index (χ1v) is 10.8. The molecule has 6 nitrogen and oxygen atoms in total. The second-order valence-electron chi connectivity index (χ2n) is 6.47. The summed E-state index contributed by atoms with van der Waals surface area (Å²) in [4.78, 5) is 2.46. The van der Waals surface area contributed by atoms with Crippen molar-refractivity contribution in [3.63, 3.8) is 0 Å². The van der Waals surface area contributed by atoms with Crippen molar-refractivity contribution < 1.29 is 8.42 Å². The molecule has 140 valence electrons. The maximum absolute atomic E-state index is 12.4. The van der Waals surface area contributed by atoms with Gasteiger partial charge < -0.3 is 10.2 Å². The monoisotopic (exact) mass is 394 g/mol. The topological polar surface area (TPSA) is 75.2 Å². The van der Waals surface area contributed by atoms with E-state index in [0.717, 1.165) is 19.5 Å². The van der Waals surface area contributed by atoms with Crippen LogP contribution in [0.1, 0.15) is 24.8 Å². The highest BCUT2D eigenvalue weighted by atomic mass is 35.5. The summed E-state index contributed by atoms with van der Waals surface area (Å²) in [5.74, 6) is 0.471. The Balaban J connectivity index is 1.51. The van der Waals surface area contributed by atoms with Gasteiger partial charge in [-0.1, -0.05) is 23.7 Å². The predicted molar refractivity (Wildman–Crippen MR) is 103 cm³/mol. The van der Waals surface area contributed by atoms with Crippen LogP contribution in [-0.4, -0.2) is 49.7 Å². The van der Waals surface area contributed by atoms with Gasteiger partial charge in [-0.05, 0) is 68.7 Å². The van der Waals surface area contributed by atoms with Crippen LogP contribution in [-0.2, 0) is 15.6 Å². The maximum Gasteiger partial charge on any atom is 0.201 e. The fourth-order valence-corrected chi connectivity index (χ4v) is 4.33. The SMILES string of the molecule is O=S(=O)(Cc1ccc(Cl)cc1)c1ccc(NCCCN2CCCC2)nn1. The number of hydrogen-bond acceptors (Lipinski definition) is 6. The van der Waals surface area contributed by atoms with Crippen LogP contribution in [0.4, 0.5) is 5.82 Å². The highest BCUT2D eigenvalue weighted by Gasteiger charge is 2.18. The molecule has 1 fully saturated rings. The molecule has 0 atom stereocenters. The summed E-state index contributed by atoms with van der Waals surface area (Å²) in [5, 5.41) is 11.6. The summed E-state index contributed by atoms with van der Waals surface area (Å²) >= 11 is 5.82. The standard InChI is InChI=1S/C18H23ClN4O2S/c19-16-6-4-15(5-7-16)14-26(24,25)18-9-8-17(21-22-18)20-10-3-13-23-11-1-2-12-23/h4-9H,1-3,10-14H2,(H,20,21). The smallest absolute Gasteiger partial charge is 0.201 e. The molecule has 0 amide bonds. The molecule has 0 radical (unpaired) electrons. The molecule has 2 heterocycles. The first-order valence-electron chi connectivity index (χ1n) is 8.80. The number of nitrogens with zero attached hydrogens (tertiary/aromatic N) is 3. The number of anilines is 1. The van der Waals surface area contributed by atoms with Crippen LogP contribution in [0.25, 0.3) is 0 Å². The van der Waals surface area contributed by atoms with Gasteiger partial charge in [0, 0.05) is 11.6 Å². The van der Waals surface area contributed by atoms with E-state index in [-0.39, 0.29) is 10.8 Å². The van der Waals surface area contributed by atoms with Crippen molar-refractivity contribution in [1.82, 2.24) is 15.1 Å². The van der Waals surface area contributed by atoms with E-state index in [1.54, 1.807) is 30.3 Å². The van der Waals surface area contributed by atoms with Crippen molar-refractivity contribution in [2.75, 3.05) is 31.5 Å². The molecule has 1 aliphatic heterocycles. The lowest BCUT2D eigenvalue weighted by molar-refractivity contribution is 0.337. The van der Waals surface area contributed by atoms with Crippen molar-refractivity contribution >= 4 is 27.3 Å². The number of benzene rings is 1. The molecular formula is C18H23ClN4O2S. The lowest BCUT2D eigenvalue weighted by Gasteiger charge is -2.14. The molecule has 3 rings (SSSR count). The summed E-state index contributed by atoms with van der Waals surface area (Å²) in [6.45, 7) is 4.26. The number of halogens is 1. The summed E-state index contributed by atoms with van der Waals surface area (Å²) in [5.41, 5.74) is 0.667. The highest BCUT2D eigenvalue weighted by Crippen LogP contribution is 2.17. The Labute approximate surface area is 159 Å². The highest BCUT2D eigenvalue weighted by molar-refractivity contribution is 7.90. The number of rotatable bonds is 8. The van der Waals surface area contributed by atoms with Gasteiger partial charge in [-0.25, -0.2) is 8.42 Å². The van der Waals surface area contributed by atoms with Gasteiger partial charge >= 0.3 is 0 Å². The molecule has 1 aliphatic rings. The fraction of sp³-hybridized carbons (Fsp3) is 0.444. The Kier molecular flexibility index (Phi) is 6.45. The first kappa shape index (κ1) is 19.1. The molecule has 2 aromatic rings. The van der Waals surface area contributed by atoms with Crippen molar-refractivity contribution in [1.29, 1.82) is 0 Å². The Morgan fingerprint density at radius 1 is 1.04 bits per heavy atom. The van der Waals surface area contributed by atoms with Crippen molar-refractivity contribution in [2.45, 2.75) is 30.0 Å². The average Bonchev–Trinajstić information content (AvgIpc) is 3.14. The minimum Gasteiger partial charge on any atom is -0.369 e. The van der Waals surface area contributed by atoms with E-state index in [1.807, 2.05) is 0 Å². The van der Waals surface area contributed by atoms with Crippen LogP contribution in [0.15, 0.2) is 41.4 Å². The molecule has 8 heteroatoms. The second kappa shape index (κ2) is 8.79. The van der Waals surface area contributed by atoms with E-state index >= 15 is 0 Å². The maximum atomic E-state index is 12.4. The normalized spacial score (nSPS) is 15.3. The van der Waals surface area contributed by atoms with Gasteiger partial charge in [0.15, 0.2) is 5.03 Å². The molecular weight excluding hydrogens is 372 g/mol. The predicted octanol–water partition coefficient (Wildman–Crippen LogP) is 3.00. The first-order chi connectivity index (χ1) is 12.5. The molecule has 0 unspecified atom stereocenters. The van der Waals surface area contributed by atoms with E-state index in [1.165, 1.54) is 32.0 Å². The molecule has 0 aliphatic carbocycles. The number of sulfone groups is 1. The third kappa shape index (κ3) is 5.40. The molecule has 1 aromatic heterocycles. The third-order valence-corrected chi connectivity index (χ3v) is 6.20. The molecule has 0 bridgehead atoms. The van der Waals surface area contributed by atoms with Crippen LogP contribution in [0.5, 0.6) is 0 Å². The quantitative estimate of drug-likeness (QED) is 0.693. The van der Waals surface area contributed by atoms with Crippen LogP contribution in [0.3, 0.4) is 0 Å². The van der Waals surface area contributed by atoms with Crippen LogP contribution >= 0.6 is 11.6 Å². The molecule has 0 saturated carbocycles. The Morgan fingerprint density at radius 3 is 2.42 bits per heavy atom. The number of hydrogen-bond donors (Lipinski definition) is 1. The van der Waals surface area contributed by atoms with E-state index in [0.29, 0.717) is 16.4 Å². The summed E-state index contributed by atoms with van der Waals surface area (Å²) < 4.78 is 24.9. The van der Waals surface area contributed by atoms with Gasteiger partial charge in [0.2, 0.25) is 9.84 Å². The number of likely N-dealkylation sites (tertiary alicyclic amines) is 1. The zero-order valence-electron chi connectivity index (χ0n) is 14.6. The van der Waals surface area contributed by atoms with Crippen molar-refractivity contribution in [2.24, 2.45) is 0 Å². The number of nitrogens with one attached hydrogen (secondary N) is 1. The molecule has 1 N–H and O–H groups in total. The molecule has 26 heavy (non-hydrogen) atoms. The van der Waals surface area contributed by atoms with E-state index in [9.17, 15) is 8.42 Å². The Morgan fingerprint density at radius 2 is 1.77 bits per heavy atom. The van der Waals surface area contributed by atoms with Gasteiger partial charge in [0.25, 0.3) is 0 Å². The largest absolute Gasteiger partial charge is 0.369 e. The second-order valence-corrected chi connectivity index (χ2v) is 8.84. The van der Waals surface area contributed by atoms with Gasteiger partial charge in [0.05, 0.1) is 5.75 Å². The lowest BCUT2D eigenvalue weighted by atomic mass is 10.2. The zero-order chi connectivity index (χ0) is 18.4. The minimum absolute atomic E-state index is 0.0185. The van der Waals surface area contributed by atoms with Crippen molar-refractivity contribution in [3.8, 4) is 0 Å². The van der Waals surface area contributed by atoms with Gasteiger partial charge in [-0.3, -0.25) is 0 Å². The fourth-order valence-electron chi connectivity index (χ4n) is 2.98.